The van der Waals surface area contributed by atoms with Gasteiger partial charge in [0, 0.05) is 22.3 Å². The molecule has 4 heteroatoms. The molecule has 1 heterocycles. The zero-order valence-corrected chi connectivity index (χ0v) is 12.9. The zero-order chi connectivity index (χ0) is 14.5. The molecule has 1 aromatic heterocycles. The molecule has 1 aromatic carbocycles. The number of rotatable bonds is 5. The fourth-order valence-corrected chi connectivity index (χ4v) is 2.40. The molecule has 0 bridgehead atoms. The molecule has 3 nitrogen and oxygen atoms in total. The van der Waals surface area contributed by atoms with E-state index in [-0.39, 0.29) is 17.9 Å². The van der Waals surface area contributed by atoms with Gasteiger partial charge < -0.3 is 4.57 Å². The third-order valence-electron chi connectivity index (χ3n) is 3.08. The second-order valence-corrected chi connectivity index (χ2v) is 5.60. The van der Waals surface area contributed by atoms with Crippen molar-refractivity contribution < 1.29 is 4.79 Å². The van der Waals surface area contributed by atoms with Crippen molar-refractivity contribution in [3.63, 3.8) is 0 Å². The molecule has 0 amide bonds. The van der Waals surface area contributed by atoms with Crippen LogP contribution in [0.1, 0.15) is 29.3 Å². The van der Waals surface area contributed by atoms with Crippen LogP contribution in [0.3, 0.4) is 0 Å². The van der Waals surface area contributed by atoms with E-state index in [9.17, 15) is 9.59 Å². The van der Waals surface area contributed by atoms with Gasteiger partial charge in [-0.25, -0.2) is 0 Å². The minimum Gasteiger partial charge on any atom is -0.307 e. The maximum atomic E-state index is 12.2. The highest BCUT2D eigenvalue weighted by atomic mass is 79.9. The van der Waals surface area contributed by atoms with Crippen molar-refractivity contribution in [2.45, 2.75) is 26.3 Å². The minimum atomic E-state index is -0.177. The molecule has 0 aliphatic rings. The van der Waals surface area contributed by atoms with Gasteiger partial charge in [-0.2, -0.15) is 0 Å². The summed E-state index contributed by atoms with van der Waals surface area (Å²) in [4.78, 5) is 23.8. The van der Waals surface area contributed by atoms with Crippen molar-refractivity contribution in [1.82, 2.24) is 4.57 Å². The second kappa shape index (κ2) is 6.66. The Hall–Kier alpha value is -1.68. The van der Waals surface area contributed by atoms with Crippen molar-refractivity contribution in [2.75, 3.05) is 0 Å². The molecule has 0 unspecified atom stereocenters. The van der Waals surface area contributed by atoms with Crippen LogP contribution in [0.15, 0.2) is 51.9 Å². The number of aromatic nitrogens is 1. The van der Waals surface area contributed by atoms with Gasteiger partial charge >= 0.3 is 0 Å². The van der Waals surface area contributed by atoms with E-state index in [2.05, 4.69) is 22.9 Å². The van der Waals surface area contributed by atoms with Crippen LogP contribution in [-0.4, -0.2) is 10.4 Å². The monoisotopic (exact) mass is 333 g/mol. The van der Waals surface area contributed by atoms with E-state index in [0.717, 1.165) is 17.3 Å². The van der Waals surface area contributed by atoms with Gasteiger partial charge in [-0.3, -0.25) is 9.59 Å². The average molecular weight is 334 g/mol. The molecule has 0 radical (unpaired) electrons. The lowest BCUT2D eigenvalue weighted by molar-refractivity contribution is 0.0971. The van der Waals surface area contributed by atoms with Crippen LogP contribution in [0.4, 0.5) is 0 Å². The number of aryl methyl sites for hydroxylation is 1. The van der Waals surface area contributed by atoms with E-state index in [0.29, 0.717) is 5.56 Å². The van der Waals surface area contributed by atoms with E-state index < -0.39 is 0 Å². The number of ketones is 1. The largest absolute Gasteiger partial charge is 0.307 e. The summed E-state index contributed by atoms with van der Waals surface area (Å²) in [6, 6.07) is 10.7. The highest BCUT2D eigenvalue weighted by Gasteiger charge is 2.08. The summed E-state index contributed by atoms with van der Waals surface area (Å²) in [5.74, 6) is -0.0618. The second-order valence-electron chi connectivity index (χ2n) is 4.68. The van der Waals surface area contributed by atoms with Crippen LogP contribution in [-0.2, 0) is 13.0 Å². The fraction of sp³-hybridized carbons (Fsp3) is 0.250. The summed E-state index contributed by atoms with van der Waals surface area (Å²) < 4.78 is 2.19. The Labute approximate surface area is 126 Å². The highest BCUT2D eigenvalue weighted by molar-refractivity contribution is 9.10. The number of Topliss-reactive ketones (excluding diaryl/α,β-unsaturated/α-hetero) is 1. The molecular formula is C16H16BrNO2. The number of benzene rings is 1. The van der Waals surface area contributed by atoms with Crippen LogP contribution in [0, 0.1) is 0 Å². The molecule has 2 aromatic rings. The molecular weight excluding hydrogens is 318 g/mol. The Bertz CT molecular complexity index is 659. The lowest BCUT2D eigenvalue weighted by Crippen LogP contribution is -2.22. The van der Waals surface area contributed by atoms with Gasteiger partial charge in [0.15, 0.2) is 5.78 Å². The molecule has 0 atom stereocenters. The third-order valence-corrected chi connectivity index (χ3v) is 3.54. The van der Waals surface area contributed by atoms with Crippen LogP contribution in [0.2, 0.25) is 0 Å². The number of hydrogen-bond donors (Lipinski definition) is 0. The predicted molar refractivity (Wildman–Crippen MR) is 83.2 cm³/mol. The molecule has 0 aliphatic heterocycles. The van der Waals surface area contributed by atoms with Crippen LogP contribution in [0.25, 0.3) is 0 Å². The maximum Gasteiger partial charge on any atom is 0.251 e. The first kappa shape index (κ1) is 14.7. The van der Waals surface area contributed by atoms with E-state index in [4.69, 9.17) is 0 Å². The lowest BCUT2D eigenvalue weighted by Gasteiger charge is -2.06. The molecule has 0 aliphatic carbocycles. The Morgan fingerprint density at radius 1 is 1.15 bits per heavy atom. The van der Waals surface area contributed by atoms with Crippen molar-refractivity contribution >= 4 is 21.7 Å². The van der Waals surface area contributed by atoms with Gasteiger partial charge in [-0.1, -0.05) is 37.6 Å². The molecule has 0 saturated heterocycles. The molecule has 0 N–H and O–H groups in total. The van der Waals surface area contributed by atoms with Crippen molar-refractivity contribution in [1.29, 1.82) is 0 Å². The van der Waals surface area contributed by atoms with Crippen molar-refractivity contribution in [3.05, 3.63) is 68.5 Å². The van der Waals surface area contributed by atoms with Crippen molar-refractivity contribution in [3.8, 4) is 0 Å². The quantitative estimate of drug-likeness (QED) is 0.786. The standard InChI is InChI=1S/C16H16BrNO2/c1-2-3-12-4-6-13(7-5-12)15(19)11-18-10-14(17)8-9-16(18)20/h4-10H,2-3,11H2,1H3. The van der Waals surface area contributed by atoms with Gasteiger partial charge in [0.25, 0.3) is 5.56 Å². The topological polar surface area (TPSA) is 39.1 Å². The first-order valence-corrected chi connectivity index (χ1v) is 7.37. The van der Waals surface area contributed by atoms with Gasteiger partial charge in [0.05, 0.1) is 6.54 Å². The summed E-state index contributed by atoms with van der Waals surface area (Å²) in [5, 5.41) is 0. The maximum absolute atomic E-state index is 12.2. The smallest absolute Gasteiger partial charge is 0.251 e. The van der Waals surface area contributed by atoms with E-state index in [1.54, 1.807) is 12.3 Å². The zero-order valence-electron chi connectivity index (χ0n) is 11.3. The number of halogens is 1. The summed E-state index contributed by atoms with van der Waals surface area (Å²) in [7, 11) is 0. The Kier molecular flexibility index (Phi) is 4.90. The van der Waals surface area contributed by atoms with Gasteiger partial charge in [0.1, 0.15) is 0 Å². The van der Waals surface area contributed by atoms with E-state index in [1.807, 2.05) is 24.3 Å². The van der Waals surface area contributed by atoms with Crippen molar-refractivity contribution in [2.24, 2.45) is 0 Å². The first-order valence-electron chi connectivity index (χ1n) is 6.58. The van der Waals surface area contributed by atoms with Crippen LogP contribution in [0.5, 0.6) is 0 Å². The molecule has 2 rings (SSSR count). The SMILES string of the molecule is CCCc1ccc(C(=O)Cn2cc(Br)ccc2=O)cc1. The van der Waals surface area contributed by atoms with Gasteiger partial charge in [-0.15, -0.1) is 0 Å². The number of nitrogens with zero attached hydrogens (tertiary/aromatic N) is 1. The summed E-state index contributed by atoms with van der Waals surface area (Å²) in [6.45, 7) is 2.18. The third kappa shape index (κ3) is 3.67. The number of carbonyl (C=O) groups is 1. The minimum absolute atomic E-state index is 0.0609. The number of hydrogen-bond acceptors (Lipinski definition) is 2. The lowest BCUT2D eigenvalue weighted by atomic mass is 10.1. The van der Waals surface area contributed by atoms with Crippen LogP contribution < -0.4 is 5.56 Å². The highest BCUT2D eigenvalue weighted by Crippen LogP contribution is 2.09. The summed E-state index contributed by atoms with van der Waals surface area (Å²) in [6.07, 6.45) is 3.73. The Morgan fingerprint density at radius 2 is 1.85 bits per heavy atom. The summed E-state index contributed by atoms with van der Waals surface area (Å²) >= 11 is 3.30. The molecule has 0 spiro atoms. The number of pyridine rings is 1. The Balaban J connectivity index is 2.15. The predicted octanol–water partition coefficient (Wildman–Crippen LogP) is 3.45. The normalized spacial score (nSPS) is 10.5. The van der Waals surface area contributed by atoms with Crippen LogP contribution >= 0.6 is 15.9 Å². The van der Waals surface area contributed by atoms with E-state index in [1.165, 1.54) is 16.2 Å². The first-order chi connectivity index (χ1) is 9.60. The van der Waals surface area contributed by atoms with Gasteiger partial charge in [-0.05, 0) is 34.0 Å². The fourth-order valence-electron chi connectivity index (χ4n) is 2.02. The molecule has 0 fully saturated rings. The molecule has 104 valence electrons. The average Bonchev–Trinajstić information content (AvgIpc) is 2.44. The van der Waals surface area contributed by atoms with E-state index >= 15 is 0 Å². The number of carbonyl (C=O) groups excluding carboxylic acids is 1. The molecule has 20 heavy (non-hydrogen) atoms. The van der Waals surface area contributed by atoms with Gasteiger partial charge in [0.2, 0.25) is 0 Å². The Morgan fingerprint density at radius 3 is 2.50 bits per heavy atom. The molecule has 0 saturated carbocycles. The summed E-state index contributed by atoms with van der Waals surface area (Å²) in [5.41, 5.74) is 1.68.